The lowest BCUT2D eigenvalue weighted by molar-refractivity contribution is -0.114. The first kappa shape index (κ1) is 14.6. The molecule has 15 heavy (non-hydrogen) atoms. The largest absolute Gasteiger partial charge is 0.392 e. The van der Waals surface area contributed by atoms with Crippen molar-refractivity contribution in [1.82, 2.24) is 0 Å². The van der Waals surface area contributed by atoms with Crippen molar-refractivity contribution in [3.05, 3.63) is 0 Å². The molecule has 1 N–H and O–H groups in total. The summed E-state index contributed by atoms with van der Waals surface area (Å²) < 4.78 is 0. The van der Waals surface area contributed by atoms with Crippen LogP contribution in [0.15, 0.2) is 0 Å². The number of rotatable bonds is 10. The molecule has 0 aliphatic carbocycles. The van der Waals surface area contributed by atoms with Gasteiger partial charge in [0.15, 0.2) is 0 Å². The standard InChI is InChI=1S/C13H26O2/c1-3-5-6-7-8-9-10-12(11-14)13(15)4-2/h11-13,15H,3-10H2,1-2H3/t12-,13-/m0/s1. The van der Waals surface area contributed by atoms with Gasteiger partial charge in [-0.05, 0) is 12.8 Å². The second-order valence-electron chi connectivity index (χ2n) is 4.33. The smallest absolute Gasteiger partial charge is 0.125 e. The van der Waals surface area contributed by atoms with Crippen LogP contribution in [0.4, 0.5) is 0 Å². The van der Waals surface area contributed by atoms with Crippen molar-refractivity contribution in [3.63, 3.8) is 0 Å². The summed E-state index contributed by atoms with van der Waals surface area (Å²) in [6.45, 7) is 4.13. The Bertz CT molecular complexity index is 145. The minimum absolute atomic E-state index is 0.138. The summed E-state index contributed by atoms with van der Waals surface area (Å²) in [5.41, 5.74) is 0. The summed E-state index contributed by atoms with van der Waals surface area (Å²) in [5, 5.41) is 9.53. The molecule has 0 rings (SSSR count). The highest BCUT2D eigenvalue weighted by Gasteiger charge is 2.15. The molecule has 2 heteroatoms. The maximum absolute atomic E-state index is 10.7. The SMILES string of the molecule is CCCCCCCC[C@@H](C=O)[C@@H](O)CC. The summed E-state index contributed by atoms with van der Waals surface area (Å²) in [4.78, 5) is 10.7. The highest BCUT2D eigenvalue weighted by atomic mass is 16.3. The van der Waals surface area contributed by atoms with Gasteiger partial charge in [-0.1, -0.05) is 52.4 Å². The summed E-state index contributed by atoms with van der Waals surface area (Å²) in [6, 6.07) is 0. The van der Waals surface area contributed by atoms with Gasteiger partial charge in [-0.25, -0.2) is 0 Å². The summed E-state index contributed by atoms with van der Waals surface area (Å²) in [6.07, 6.45) is 9.44. The van der Waals surface area contributed by atoms with Gasteiger partial charge in [-0.15, -0.1) is 0 Å². The molecule has 0 spiro atoms. The Morgan fingerprint density at radius 2 is 1.67 bits per heavy atom. The number of hydrogen-bond donors (Lipinski definition) is 1. The highest BCUT2D eigenvalue weighted by molar-refractivity contribution is 5.54. The summed E-state index contributed by atoms with van der Waals surface area (Å²) in [7, 11) is 0. The molecule has 90 valence electrons. The second kappa shape index (κ2) is 10.2. The molecule has 0 saturated heterocycles. The van der Waals surface area contributed by atoms with Crippen LogP contribution in [0.3, 0.4) is 0 Å². The summed E-state index contributed by atoms with van der Waals surface area (Å²) in [5.74, 6) is -0.138. The van der Waals surface area contributed by atoms with Crippen molar-refractivity contribution in [2.45, 2.75) is 71.3 Å². The fourth-order valence-electron chi connectivity index (χ4n) is 1.81. The van der Waals surface area contributed by atoms with Crippen molar-refractivity contribution >= 4 is 6.29 Å². The van der Waals surface area contributed by atoms with Crippen LogP contribution in [0.1, 0.15) is 65.2 Å². The van der Waals surface area contributed by atoms with Crippen molar-refractivity contribution in [1.29, 1.82) is 0 Å². The molecule has 0 unspecified atom stereocenters. The van der Waals surface area contributed by atoms with E-state index in [1.807, 2.05) is 6.92 Å². The fraction of sp³-hybridized carbons (Fsp3) is 0.923. The van der Waals surface area contributed by atoms with E-state index in [0.29, 0.717) is 6.42 Å². The molecule has 0 bridgehead atoms. The quantitative estimate of drug-likeness (QED) is 0.447. The number of unbranched alkanes of at least 4 members (excludes halogenated alkanes) is 5. The van der Waals surface area contributed by atoms with Gasteiger partial charge in [0.05, 0.1) is 6.10 Å². The Morgan fingerprint density at radius 1 is 1.07 bits per heavy atom. The zero-order valence-corrected chi connectivity index (χ0v) is 10.2. The van der Waals surface area contributed by atoms with Crippen LogP contribution < -0.4 is 0 Å². The molecule has 0 radical (unpaired) electrons. The van der Waals surface area contributed by atoms with Crippen LogP contribution in [0, 0.1) is 5.92 Å². The van der Waals surface area contributed by atoms with Gasteiger partial charge in [-0.3, -0.25) is 0 Å². The molecule has 0 aliphatic rings. The first-order valence-corrected chi connectivity index (χ1v) is 6.39. The van der Waals surface area contributed by atoms with Crippen molar-refractivity contribution in [2.24, 2.45) is 5.92 Å². The molecule has 0 saturated carbocycles. The van der Waals surface area contributed by atoms with Crippen LogP contribution in [0.25, 0.3) is 0 Å². The minimum atomic E-state index is -0.432. The van der Waals surface area contributed by atoms with Crippen LogP contribution in [-0.2, 0) is 4.79 Å². The van der Waals surface area contributed by atoms with Crippen molar-refractivity contribution in [3.8, 4) is 0 Å². The monoisotopic (exact) mass is 214 g/mol. The van der Waals surface area contributed by atoms with E-state index >= 15 is 0 Å². The van der Waals surface area contributed by atoms with Crippen LogP contribution in [0.2, 0.25) is 0 Å². The normalized spacial score (nSPS) is 14.9. The molecule has 0 aromatic heterocycles. The first-order chi connectivity index (χ1) is 7.26. The average Bonchev–Trinajstić information content (AvgIpc) is 2.27. The average molecular weight is 214 g/mol. The molecular weight excluding hydrogens is 188 g/mol. The lowest BCUT2D eigenvalue weighted by atomic mass is 9.95. The minimum Gasteiger partial charge on any atom is -0.392 e. The van der Waals surface area contributed by atoms with Crippen LogP contribution in [0.5, 0.6) is 0 Å². The number of carbonyl (C=O) groups is 1. The topological polar surface area (TPSA) is 37.3 Å². The van der Waals surface area contributed by atoms with E-state index in [1.54, 1.807) is 0 Å². The molecule has 0 aromatic carbocycles. The van der Waals surface area contributed by atoms with Gasteiger partial charge in [0, 0.05) is 5.92 Å². The van der Waals surface area contributed by atoms with E-state index in [4.69, 9.17) is 0 Å². The Kier molecular flexibility index (Phi) is 9.91. The second-order valence-corrected chi connectivity index (χ2v) is 4.33. The molecule has 0 heterocycles. The van der Waals surface area contributed by atoms with Crippen LogP contribution in [-0.4, -0.2) is 17.5 Å². The maximum Gasteiger partial charge on any atom is 0.125 e. The predicted molar refractivity (Wildman–Crippen MR) is 63.8 cm³/mol. The number of hydrogen-bond acceptors (Lipinski definition) is 2. The number of carbonyl (C=O) groups excluding carboxylic acids is 1. The third-order valence-electron chi connectivity index (χ3n) is 2.98. The Morgan fingerprint density at radius 3 is 2.20 bits per heavy atom. The van der Waals surface area contributed by atoms with E-state index in [1.165, 1.54) is 32.1 Å². The summed E-state index contributed by atoms with van der Waals surface area (Å²) >= 11 is 0. The molecular formula is C13H26O2. The zero-order valence-electron chi connectivity index (χ0n) is 10.2. The van der Waals surface area contributed by atoms with Gasteiger partial charge in [0.25, 0.3) is 0 Å². The Labute approximate surface area is 94.1 Å². The van der Waals surface area contributed by atoms with Gasteiger partial charge in [-0.2, -0.15) is 0 Å². The third kappa shape index (κ3) is 7.55. The molecule has 0 aromatic rings. The Balaban J connectivity index is 3.42. The lowest BCUT2D eigenvalue weighted by Gasteiger charge is -2.15. The van der Waals surface area contributed by atoms with E-state index in [2.05, 4.69) is 6.92 Å². The fourth-order valence-corrected chi connectivity index (χ4v) is 1.81. The van der Waals surface area contributed by atoms with E-state index in [-0.39, 0.29) is 5.92 Å². The number of aliphatic hydroxyl groups is 1. The van der Waals surface area contributed by atoms with E-state index in [0.717, 1.165) is 19.1 Å². The number of aldehydes is 1. The van der Waals surface area contributed by atoms with Crippen molar-refractivity contribution in [2.75, 3.05) is 0 Å². The zero-order chi connectivity index (χ0) is 11.5. The molecule has 0 aliphatic heterocycles. The lowest BCUT2D eigenvalue weighted by Crippen LogP contribution is -2.20. The molecule has 2 nitrogen and oxygen atoms in total. The van der Waals surface area contributed by atoms with Gasteiger partial charge >= 0.3 is 0 Å². The van der Waals surface area contributed by atoms with Gasteiger partial charge in [0.2, 0.25) is 0 Å². The van der Waals surface area contributed by atoms with Gasteiger partial charge in [0.1, 0.15) is 6.29 Å². The highest BCUT2D eigenvalue weighted by Crippen LogP contribution is 2.15. The van der Waals surface area contributed by atoms with E-state index in [9.17, 15) is 9.90 Å². The molecule has 2 atom stereocenters. The number of aliphatic hydroxyl groups excluding tert-OH is 1. The first-order valence-electron chi connectivity index (χ1n) is 6.39. The predicted octanol–water partition coefficient (Wildman–Crippen LogP) is 3.32. The van der Waals surface area contributed by atoms with Gasteiger partial charge < -0.3 is 9.90 Å². The van der Waals surface area contributed by atoms with Crippen molar-refractivity contribution < 1.29 is 9.90 Å². The molecule has 0 amide bonds. The Hall–Kier alpha value is -0.370. The molecule has 0 fully saturated rings. The third-order valence-corrected chi connectivity index (χ3v) is 2.98. The maximum atomic E-state index is 10.7. The van der Waals surface area contributed by atoms with E-state index < -0.39 is 6.10 Å². The van der Waals surface area contributed by atoms with Crippen LogP contribution >= 0.6 is 0 Å².